The van der Waals surface area contributed by atoms with Gasteiger partial charge in [-0.3, -0.25) is 0 Å². The van der Waals surface area contributed by atoms with Crippen molar-refractivity contribution in [1.29, 1.82) is 0 Å². The smallest absolute Gasteiger partial charge is 0.410 e. The lowest BCUT2D eigenvalue weighted by molar-refractivity contribution is 0.0903. The standard InChI is InChI=1S/C13H16BrNO2.C8H7ClO2.C5H10BrN/c14-12-6-8-15(9-7-12)13(16)17-10-11-4-2-1-3-5-11;9-8(10)11-6-7-4-2-1-3-5-7;6-5-1-3-7-4-2-5/h1-5,12H,6-10H2;1-5H,6H2;5,7H,1-4H2. The van der Waals surface area contributed by atoms with Crippen molar-refractivity contribution in [2.75, 3.05) is 26.2 Å². The van der Waals surface area contributed by atoms with Crippen LogP contribution in [0.4, 0.5) is 9.59 Å². The first-order valence-electron chi connectivity index (χ1n) is 11.7. The zero-order valence-corrected chi connectivity index (χ0v) is 23.6. The van der Waals surface area contributed by atoms with Gasteiger partial charge in [-0.05, 0) is 49.9 Å². The van der Waals surface area contributed by atoms with Crippen molar-refractivity contribution in [2.24, 2.45) is 0 Å². The van der Waals surface area contributed by atoms with E-state index in [-0.39, 0.29) is 12.7 Å². The van der Waals surface area contributed by atoms with Gasteiger partial charge in [-0.15, -0.1) is 0 Å². The largest absolute Gasteiger partial charge is 0.449 e. The van der Waals surface area contributed by atoms with Crippen LogP contribution in [0.25, 0.3) is 0 Å². The molecule has 1 N–H and O–H groups in total. The highest BCUT2D eigenvalue weighted by Gasteiger charge is 2.21. The first kappa shape index (κ1) is 29.6. The average Bonchev–Trinajstić information content (AvgIpc) is 2.89. The first-order chi connectivity index (χ1) is 16.9. The molecule has 4 rings (SSSR count). The van der Waals surface area contributed by atoms with Crippen LogP contribution in [0, 0.1) is 0 Å². The highest BCUT2D eigenvalue weighted by molar-refractivity contribution is 9.09. The summed E-state index contributed by atoms with van der Waals surface area (Å²) in [4.78, 5) is 25.0. The number of rotatable bonds is 4. The molecule has 2 fully saturated rings. The van der Waals surface area contributed by atoms with Gasteiger partial charge >= 0.3 is 11.5 Å². The quantitative estimate of drug-likeness (QED) is 0.294. The Labute approximate surface area is 229 Å². The number of hydrogen-bond acceptors (Lipinski definition) is 5. The normalized spacial score (nSPS) is 16.1. The molecule has 2 aromatic rings. The van der Waals surface area contributed by atoms with Gasteiger partial charge in [0.2, 0.25) is 0 Å². The fourth-order valence-corrected chi connectivity index (χ4v) is 4.26. The summed E-state index contributed by atoms with van der Waals surface area (Å²) in [6, 6.07) is 19.1. The lowest BCUT2D eigenvalue weighted by atomic mass is 10.1. The number of halogens is 3. The molecule has 2 heterocycles. The Morgan fingerprint density at radius 3 is 1.69 bits per heavy atom. The van der Waals surface area contributed by atoms with Crippen molar-refractivity contribution < 1.29 is 19.1 Å². The second kappa shape index (κ2) is 17.8. The minimum absolute atomic E-state index is 0.201. The van der Waals surface area contributed by atoms with Crippen molar-refractivity contribution in [2.45, 2.75) is 48.6 Å². The maximum absolute atomic E-state index is 11.8. The molecule has 0 bridgehead atoms. The van der Waals surface area contributed by atoms with Gasteiger partial charge in [0.25, 0.3) is 0 Å². The fraction of sp³-hybridized carbons (Fsp3) is 0.462. The van der Waals surface area contributed by atoms with Gasteiger partial charge in [0.15, 0.2) is 0 Å². The van der Waals surface area contributed by atoms with Crippen molar-refractivity contribution >= 4 is 55.0 Å². The Morgan fingerprint density at radius 1 is 0.800 bits per heavy atom. The van der Waals surface area contributed by atoms with Gasteiger partial charge in [-0.25, -0.2) is 9.59 Å². The third kappa shape index (κ3) is 13.9. The van der Waals surface area contributed by atoms with Crippen molar-refractivity contribution in [3.8, 4) is 0 Å². The summed E-state index contributed by atoms with van der Waals surface area (Å²) in [6.45, 7) is 4.54. The zero-order valence-electron chi connectivity index (χ0n) is 19.7. The van der Waals surface area contributed by atoms with Crippen LogP contribution >= 0.6 is 43.5 Å². The fourth-order valence-electron chi connectivity index (χ4n) is 3.34. The molecule has 2 aliphatic rings. The van der Waals surface area contributed by atoms with E-state index in [1.165, 1.54) is 25.9 Å². The van der Waals surface area contributed by atoms with Gasteiger partial charge in [0.05, 0.1) is 0 Å². The molecule has 2 aliphatic heterocycles. The lowest BCUT2D eigenvalue weighted by Gasteiger charge is -2.28. The second-order valence-corrected chi connectivity index (χ2v) is 11.0. The van der Waals surface area contributed by atoms with E-state index < -0.39 is 5.43 Å². The van der Waals surface area contributed by atoms with Crippen LogP contribution < -0.4 is 5.32 Å². The maximum atomic E-state index is 11.8. The van der Waals surface area contributed by atoms with Gasteiger partial charge in [0.1, 0.15) is 13.2 Å². The number of nitrogens with one attached hydrogen (secondary N) is 1. The van der Waals surface area contributed by atoms with Crippen LogP contribution in [-0.2, 0) is 22.7 Å². The summed E-state index contributed by atoms with van der Waals surface area (Å²) in [5.74, 6) is 0. The van der Waals surface area contributed by atoms with Crippen molar-refractivity contribution in [3.63, 3.8) is 0 Å². The Hall–Kier alpha value is -1.61. The van der Waals surface area contributed by atoms with E-state index in [9.17, 15) is 9.59 Å². The molecule has 0 unspecified atom stereocenters. The number of ether oxygens (including phenoxy) is 2. The molecule has 0 atom stereocenters. The van der Waals surface area contributed by atoms with Crippen LogP contribution in [-0.4, -0.2) is 52.3 Å². The van der Waals surface area contributed by atoms with Crippen LogP contribution in [0.5, 0.6) is 0 Å². The number of carbonyl (C=O) groups excluding carboxylic acids is 2. The SMILES string of the molecule is BrC1CCNCC1.O=C(Cl)OCc1ccccc1.O=C(OCc1ccccc1)N1CCC(Br)CC1. The highest BCUT2D eigenvalue weighted by Crippen LogP contribution is 2.18. The molecule has 9 heteroatoms. The van der Waals surface area contributed by atoms with E-state index in [4.69, 9.17) is 16.3 Å². The first-order valence-corrected chi connectivity index (χ1v) is 14.0. The molecular formula is C26H33Br2ClN2O4. The van der Waals surface area contributed by atoms with Crippen LogP contribution in [0.3, 0.4) is 0 Å². The van der Waals surface area contributed by atoms with E-state index in [1.807, 2.05) is 60.7 Å². The number of amides is 1. The summed E-state index contributed by atoms with van der Waals surface area (Å²) >= 11 is 12.1. The molecule has 2 saturated heterocycles. The molecule has 0 aromatic heterocycles. The lowest BCUT2D eigenvalue weighted by Crippen LogP contribution is -2.38. The van der Waals surface area contributed by atoms with Gasteiger partial charge in [0, 0.05) is 34.3 Å². The van der Waals surface area contributed by atoms with Gasteiger partial charge in [-0.1, -0.05) is 92.5 Å². The molecule has 192 valence electrons. The molecule has 6 nitrogen and oxygen atoms in total. The van der Waals surface area contributed by atoms with Crippen molar-refractivity contribution in [1.82, 2.24) is 10.2 Å². The monoisotopic (exact) mass is 630 g/mol. The van der Waals surface area contributed by atoms with Crippen molar-refractivity contribution in [3.05, 3.63) is 71.8 Å². The molecule has 2 aromatic carbocycles. The number of piperidine rings is 2. The van der Waals surface area contributed by atoms with Crippen LogP contribution in [0.2, 0.25) is 0 Å². The molecule has 1 amide bonds. The summed E-state index contributed by atoms with van der Waals surface area (Å²) in [5.41, 5.74) is 1.19. The number of hydrogen-bond donors (Lipinski definition) is 1. The topological polar surface area (TPSA) is 67.9 Å². The van der Waals surface area contributed by atoms with Gasteiger partial charge < -0.3 is 19.7 Å². The third-order valence-corrected chi connectivity index (χ3v) is 7.29. The van der Waals surface area contributed by atoms with E-state index in [1.54, 1.807) is 4.90 Å². The maximum Gasteiger partial charge on any atom is 0.410 e. The Bertz CT molecular complexity index is 847. The molecule has 0 radical (unpaired) electrons. The highest BCUT2D eigenvalue weighted by atomic mass is 79.9. The second-order valence-electron chi connectivity index (χ2n) is 8.14. The van der Waals surface area contributed by atoms with E-state index in [0.29, 0.717) is 11.4 Å². The summed E-state index contributed by atoms with van der Waals surface area (Å²) in [5, 5.41) is 3.29. The summed E-state index contributed by atoms with van der Waals surface area (Å²) in [7, 11) is 0. The third-order valence-electron chi connectivity index (χ3n) is 5.35. The molecule has 0 saturated carbocycles. The molecular weight excluding hydrogens is 600 g/mol. The zero-order chi connectivity index (χ0) is 25.3. The van der Waals surface area contributed by atoms with E-state index >= 15 is 0 Å². The predicted octanol–water partition coefficient (Wildman–Crippen LogP) is 6.88. The number of alkyl halides is 2. The van der Waals surface area contributed by atoms with Crippen LogP contribution in [0.1, 0.15) is 36.8 Å². The molecule has 0 spiro atoms. The number of benzene rings is 2. The Balaban J connectivity index is 0.000000205. The Morgan fingerprint density at radius 2 is 1.26 bits per heavy atom. The Kier molecular flexibility index (Phi) is 15.0. The average molecular weight is 633 g/mol. The number of nitrogens with zero attached hydrogens (tertiary/aromatic N) is 1. The summed E-state index contributed by atoms with van der Waals surface area (Å²) < 4.78 is 9.83. The van der Waals surface area contributed by atoms with Gasteiger partial charge in [-0.2, -0.15) is 0 Å². The number of carbonyl (C=O) groups is 2. The van der Waals surface area contributed by atoms with Crippen LogP contribution in [0.15, 0.2) is 60.7 Å². The minimum atomic E-state index is -0.770. The minimum Gasteiger partial charge on any atom is -0.449 e. The number of likely N-dealkylation sites (tertiary alicyclic amines) is 1. The van der Waals surface area contributed by atoms with E-state index in [2.05, 4.69) is 41.9 Å². The van der Waals surface area contributed by atoms with E-state index in [0.717, 1.165) is 41.9 Å². The molecule has 0 aliphatic carbocycles. The predicted molar refractivity (Wildman–Crippen MR) is 147 cm³/mol. The molecule has 35 heavy (non-hydrogen) atoms. The summed E-state index contributed by atoms with van der Waals surface area (Å²) in [6.07, 6.45) is 4.38.